The Kier molecular flexibility index (Phi) is 7.12. The summed E-state index contributed by atoms with van der Waals surface area (Å²) in [5.74, 6) is -0.371. The van der Waals surface area contributed by atoms with Gasteiger partial charge >= 0.3 is 0 Å². The fraction of sp³-hybridized carbons (Fsp3) is 0.269. The van der Waals surface area contributed by atoms with E-state index in [0.29, 0.717) is 35.9 Å². The van der Waals surface area contributed by atoms with E-state index in [-0.39, 0.29) is 27.6 Å². The molecule has 0 saturated carbocycles. The lowest BCUT2D eigenvalue weighted by atomic mass is 10.1. The van der Waals surface area contributed by atoms with Crippen molar-refractivity contribution in [3.05, 3.63) is 76.8 Å². The molecule has 12 heteroatoms. The number of nitrogens with one attached hydrogen (secondary N) is 1. The third-order valence-electron chi connectivity index (χ3n) is 6.71. The highest BCUT2D eigenvalue weighted by Crippen LogP contribution is 2.36. The fourth-order valence-electron chi connectivity index (χ4n) is 4.70. The summed E-state index contributed by atoms with van der Waals surface area (Å²) in [5.41, 5.74) is 1.83. The van der Waals surface area contributed by atoms with Crippen molar-refractivity contribution in [1.82, 2.24) is 4.31 Å². The van der Waals surface area contributed by atoms with E-state index >= 15 is 0 Å². The summed E-state index contributed by atoms with van der Waals surface area (Å²) in [5, 5.41) is 3.20. The molecular formula is C26H26ClN3O6S2. The van der Waals surface area contributed by atoms with E-state index in [4.69, 9.17) is 16.3 Å². The molecule has 2 aliphatic heterocycles. The molecule has 38 heavy (non-hydrogen) atoms. The van der Waals surface area contributed by atoms with Gasteiger partial charge in [-0.3, -0.25) is 9.10 Å². The molecule has 3 aromatic carbocycles. The highest BCUT2D eigenvalue weighted by Gasteiger charge is 2.32. The monoisotopic (exact) mass is 575 g/mol. The maximum absolute atomic E-state index is 13.3. The molecule has 0 bridgehead atoms. The summed E-state index contributed by atoms with van der Waals surface area (Å²) in [6.45, 7) is 1.12. The highest BCUT2D eigenvalue weighted by molar-refractivity contribution is 7.92. The molecule has 2 heterocycles. The largest absolute Gasteiger partial charge is 0.495 e. The molecular weight excluding hydrogens is 550 g/mol. The minimum Gasteiger partial charge on any atom is -0.495 e. The first-order valence-corrected chi connectivity index (χ1v) is 15.3. The number of anilines is 2. The number of rotatable bonds is 7. The molecule has 0 unspecified atom stereocenters. The van der Waals surface area contributed by atoms with Crippen molar-refractivity contribution in [2.75, 3.05) is 36.4 Å². The highest BCUT2D eigenvalue weighted by atomic mass is 35.5. The quantitative estimate of drug-likeness (QED) is 0.453. The first kappa shape index (κ1) is 26.5. The lowest BCUT2D eigenvalue weighted by Crippen LogP contribution is -2.29. The van der Waals surface area contributed by atoms with E-state index in [1.807, 2.05) is 0 Å². The van der Waals surface area contributed by atoms with Crippen LogP contribution in [0.25, 0.3) is 0 Å². The number of nitrogens with zero attached hydrogens (tertiary/aromatic N) is 2. The van der Waals surface area contributed by atoms with E-state index in [1.165, 1.54) is 58.2 Å². The van der Waals surface area contributed by atoms with Crippen LogP contribution < -0.4 is 14.4 Å². The van der Waals surface area contributed by atoms with E-state index < -0.39 is 26.0 Å². The Morgan fingerprint density at radius 2 is 1.61 bits per heavy atom. The van der Waals surface area contributed by atoms with E-state index in [2.05, 4.69) is 5.32 Å². The third kappa shape index (κ3) is 4.86. The molecule has 0 radical (unpaired) electrons. The van der Waals surface area contributed by atoms with Gasteiger partial charge in [0.05, 0.1) is 17.7 Å². The van der Waals surface area contributed by atoms with Crippen molar-refractivity contribution in [2.45, 2.75) is 29.1 Å². The van der Waals surface area contributed by atoms with Gasteiger partial charge in [0.25, 0.3) is 15.9 Å². The average Bonchev–Trinajstić information content (AvgIpc) is 3.59. The summed E-state index contributed by atoms with van der Waals surface area (Å²) in [6, 6.07) is 15.3. The van der Waals surface area contributed by atoms with Gasteiger partial charge in [-0.05, 0) is 79.4 Å². The maximum atomic E-state index is 13.3. The van der Waals surface area contributed by atoms with Crippen LogP contribution in [0.2, 0.25) is 5.02 Å². The van der Waals surface area contributed by atoms with Gasteiger partial charge < -0.3 is 10.1 Å². The number of benzene rings is 3. The zero-order chi connectivity index (χ0) is 27.1. The van der Waals surface area contributed by atoms with Gasteiger partial charge in [0.1, 0.15) is 10.6 Å². The summed E-state index contributed by atoms with van der Waals surface area (Å²) >= 11 is 5.92. The second-order valence-corrected chi connectivity index (χ2v) is 13.3. The summed E-state index contributed by atoms with van der Waals surface area (Å²) in [4.78, 5) is 13.2. The second kappa shape index (κ2) is 10.2. The van der Waals surface area contributed by atoms with Crippen molar-refractivity contribution >= 4 is 48.9 Å². The van der Waals surface area contributed by atoms with Gasteiger partial charge in [0.2, 0.25) is 10.0 Å². The number of hydrogen-bond donors (Lipinski definition) is 1. The van der Waals surface area contributed by atoms with Crippen LogP contribution in [0.15, 0.2) is 70.5 Å². The first-order chi connectivity index (χ1) is 18.1. The van der Waals surface area contributed by atoms with Crippen LogP contribution in [0.1, 0.15) is 28.8 Å². The zero-order valence-corrected chi connectivity index (χ0v) is 22.9. The Morgan fingerprint density at radius 1 is 0.895 bits per heavy atom. The number of ether oxygens (including phenoxy) is 1. The van der Waals surface area contributed by atoms with Crippen LogP contribution in [0, 0.1) is 0 Å². The number of hydrogen-bond acceptors (Lipinski definition) is 6. The molecule has 2 aliphatic rings. The Labute approximate surface area is 227 Å². The molecule has 200 valence electrons. The molecule has 0 atom stereocenters. The summed E-state index contributed by atoms with van der Waals surface area (Å²) in [7, 11) is -6.27. The summed E-state index contributed by atoms with van der Waals surface area (Å²) < 4.78 is 60.9. The molecule has 3 aromatic rings. The predicted octanol–water partition coefficient (Wildman–Crippen LogP) is 4.14. The molecule has 9 nitrogen and oxygen atoms in total. The SMILES string of the molecule is COc1ccc(C(=O)Nc2ccc3c(c2)N(S(=O)(=O)c2ccc(Cl)cc2)CC3)cc1S(=O)(=O)N1CCCC1. The molecule has 0 aromatic heterocycles. The maximum Gasteiger partial charge on any atom is 0.264 e. The Bertz CT molecular complexity index is 1600. The zero-order valence-electron chi connectivity index (χ0n) is 20.6. The molecule has 1 fully saturated rings. The lowest BCUT2D eigenvalue weighted by Gasteiger charge is -2.20. The Hall–Kier alpha value is -3.12. The second-order valence-electron chi connectivity index (χ2n) is 9.06. The number of fused-ring (bicyclic) bond motifs is 1. The predicted molar refractivity (Wildman–Crippen MR) is 145 cm³/mol. The minimum absolute atomic E-state index is 0.0660. The van der Waals surface area contributed by atoms with Crippen molar-refractivity contribution in [1.29, 1.82) is 0 Å². The van der Waals surface area contributed by atoms with Crippen molar-refractivity contribution in [2.24, 2.45) is 0 Å². The van der Waals surface area contributed by atoms with E-state index in [1.54, 1.807) is 18.2 Å². The van der Waals surface area contributed by atoms with Crippen molar-refractivity contribution in [3.63, 3.8) is 0 Å². The third-order valence-corrected chi connectivity index (χ3v) is 10.7. The fourth-order valence-corrected chi connectivity index (χ4v) is 8.02. The average molecular weight is 576 g/mol. The Morgan fingerprint density at radius 3 is 2.29 bits per heavy atom. The van der Waals surface area contributed by atoms with Gasteiger partial charge in [-0.25, -0.2) is 16.8 Å². The van der Waals surface area contributed by atoms with Crippen molar-refractivity contribution < 1.29 is 26.4 Å². The van der Waals surface area contributed by atoms with Crippen LogP contribution in [-0.4, -0.2) is 53.8 Å². The normalized spacial score (nSPS) is 15.9. The first-order valence-electron chi connectivity index (χ1n) is 12.0. The number of amides is 1. The topological polar surface area (TPSA) is 113 Å². The smallest absolute Gasteiger partial charge is 0.264 e. The number of halogens is 1. The number of methoxy groups -OCH3 is 1. The van der Waals surface area contributed by atoms with Crippen LogP contribution in [0.4, 0.5) is 11.4 Å². The van der Waals surface area contributed by atoms with Gasteiger partial charge in [-0.1, -0.05) is 17.7 Å². The minimum atomic E-state index is -3.83. The van der Waals surface area contributed by atoms with Gasteiger partial charge in [-0.15, -0.1) is 0 Å². The standard InChI is InChI=1S/C26H26ClN3O6S2/c1-36-24-11-5-19(16-25(24)38(34,35)29-13-2-3-14-29)26(31)28-21-8-4-18-12-15-30(23(18)17-21)37(32,33)22-9-6-20(27)7-10-22/h4-11,16-17H,2-3,12-15H2,1H3,(H,28,31). The molecule has 1 amide bonds. The molecule has 0 spiro atoms. The van der Waals surface area contributed by atoms with Crippen molar-refractivity contribution in [3.8, 4) is 5.75 Å². The number of carbonyl (C=O) groups excluding carboxylic acids is 1. The van der Waals surface area contributed by atoms with Crippen LogP contribution in [0.3, 0.4) is 0 Å². The van der Waals surface area contributed by atoms with Gasteiger partial charge in [0.15, 0.2) is 0 Å². The number of carbonyl (C=O) groups is 1. The van der Waals surface area contributed by atoms with Crippen LogP contribution in [0.5, 0.6) is 5.75 Å². The van der Waals surface area contributed by atoms with E-state index in [9.17, 15) is 21.6 Å². The van der Waals surface area contributed by atoms with Gasteiger partial charge in [-0.2, -0.15) is 4.31 Å². The summed E-state index contributed by atoms with van der Waals surface area (Å²) in [6.07, 6.45) is 2.10. The van der Waals surface area contributed by atoms with Crippen LogP contribution in [-0.2, 0) is 26.5 Å². The lowest BCUT2D eigenvalue weighted by molar-refractivity contribution is 0.102. The van der Waals surface area contributed by atoms with Gasteiger partial charge in [0, 0.05) is 35.9 Å². The van der Waals surface area contributed by atoms with Crippen LogP contribution >= 0.6 is 11.6 Å². The Balaban J connectivity index is 1.42. The number of sulfonamides is 2. The molecule has 1 saturated heterocycles. The molecule has 1 N–H and O–H groups in total. The molecule has 0 aliphatic carbocycles. The van der Waals surface area contributed by atoms with E-state index in [0.717, 1.165) is 18.4 Å². The molecule has 5 rings (SSSR count).